The van der Waals surface area contributed by atoms with Crippen molar-refractivity contribution in [3.63, 3.8) is 0 Å². The maximum atomic E-state index is 13.2. The van der Waals surface area contributed by atoms with E-state index in [1.165, 1.54) is 22.7 Å². The molecular weight excluding hydrogens is 400 g/mol. The Morgan fingerprint density at radius 2 is 1.82 bits per heavy atom. The van der Waals surface area contributed by atoms with Crippen molar-refractivity contribution < 1.29 is 17.6 Å². The fourth-order valence-electron chi connectivity index (χ4n) is 2.69. The maximum Gasteiger partial charge on any atom is 0.251 e. The van der Waals surface area contributed by atoms with Gasteiger partial charge in [-0.25, -0.2) is 8.42 Å². The third-order valence-corrected chi connectivity index (χ3v) is 6.17. The lowest BCUT2D eigenvalue weighted by atomic mass is 10.1. The zero-order valence-electron chi connectivity index (χ0n) is 15.1. The van der Waals surface area contributed by atoms with Crippen LogP contribution in [0.5, 0.6) is 0 Å². The van der Waals surface area contributed by atoms with Crippen molar-refractivity contribution in [3.05, 3.63) is 88.8 Å². The quantitative estimate of drug-likeness (QED) is 0.634. The van der Waals surface area contributed by atoms with Gasteiger partial charge in [0.15, 0.2) is 0 Å². The van der Waals surface area contributed by atoms with Crippen molar-refractivity contribution in [1.82, 2.24) is 9.62 Å². The van der Waals surface area contributed by atoms with Crippen LogP contribution in [0.15, 0.2) is 76.2 Å². The number of furan rings is 1. The molecule has 1 aromatic heterocycles. The molecule has 0 aliphatic heterocycles. The molecule has 0 bridgehead atoms. The highest BCUT2D eigenvalue weighted by Gasteiger charge is 2.26. The predicted octanol–water partition coefficient (Wildman–Crippen LogP) is 3.68. The van der Waals surface area contributed by atoms with Crippen molar-refractivity contribution in [2.75, 3.05) is 7.05 Å². The van der Waals surface area contributed by atoms with E-state index >= 15 is 0 Å². The summed E-state index contributed by atoms with van der Waals surface area (Å²) in [6, 6.07) is 16.3. The highest BCUT2D eigenvalue weighted by atomic mass is 35.5. The molecule has 0 saturated heterocycles. The van der Waals surface area contributed by atoms with Crippen LogP contribution in [-0.4, -0.2) is 25.7 Å². The number of halogens is 1. The van der Waals surface area contributed by atoms with Crippen LogP contribution in [0.3, 0.4) is 0 Å². The lowest BCUT2D eigenvalue weighted by molar-refractivity contribution is 0.0963. The Kier molecular flexibility index (Phi) is 6.18. The minimum atomic E-state index is -3.82. The SMILES string of the molecule is CNC(=O)c1ccc(CN(Cc2ccco2)S(=O)(=O)c2cccc(Cl)c2)cc1. The second-order valence-corrected chi connectivity index (χ2v) is 8.46. The molecule has 28 heavy (non-hydrogen) atoms. The third-order valence-electron chi connectivity index (χ3n) is 4.15. The first-order valence-electron chi connectivity index (χ1n) is 8.49. The van der Waals surface area contributed by atoms with Gasteiger partial charge in [0.25, 0.3) is 5.91 Å². The van der Waals surface area contributed by atoms with Gasteiger partial charge in [0.1, 0.15) is 5.76 Å². The topological polar surface area (TPSA) is 79.6 Å². The molecule has 8 heteroatoms. The molecule has 1 N–H and O–H groups in total. The number of carbonyl (C=O) groups is 1. The smallest absolute Gasteiger partial charge is 0.251 e. The molecule has 0 atom stereocenters. The predicted molar refractivity (Wildman–Crippen MR) is 106 cm³/mol. The molecule has 0 spiro atoms. The Labute approximate surface area is 168 Å². The monoisotopic (exact) mass is 418 g/mol. The van der Waals surface area contributed by atoms with Crippen molar-refractivity contribution >= 4 is 27.5 Å². The van der Waals surface area contributed by atoms with Gasteiger partial charge in [-0.15, -0.1) is 0 Å². The second-order valence-electron chi connectivity index (χ2n) is 6.09. The molecule has 0 aliphatic rings. The first-order valence-corrected chi connectivity index (χ1v) is 10.3. The largest absolute Gasteiger partial charge is 0.468 e. The summed E-state index contributed by atoms with van der Waals surface area (Å²) in [7, 11) is -2.26. The van der Waals surface area contributed by atoms with Crippen LogP contribution >= 0.6 is 11.6 Å². The average Bonchev–Trinajstić information content (AvgIpc) is 3.20. The lowest BCUT2D eigenvalue weighted by Gasteiger charge is -2.21. The lowest BCUT2D eigenvalue weighted by Crippen LogP contribution is -2.30. The number of benzene rings is 2. The Morgan fingerprint density at radius 3 is 2.43 bits per heavy atom. The van der Waals surface area contributed by atoms with Gasteiger partial charge in [-0.2, -0.15) is 4.31 Å². The van der Waals surface area contributed by atoms with Gasteiger partial charge in [0.05, 0.1) is 17.7 Å². The molecule has 0 fully saturated rings. The Hall–Kier alpha value is -2.61. The number of carbonyl (C=O) groups excluding carboxylic acids is 1. The fraction of sp³-hybridized carbons (Fsp3) is 0.150. The molecule has 0 radical (unpaired) electrons. The summed E-state index contributed by atoms with van der Waals surface area (Å²) in [4.78, 5) is 11.8. The van der Waals surface area contributed by atoms with Gasteiger partial charge in [0, 0.05) is 24.2 Å². The fourth-order valence-corrected chi connectivity index (χ4v) is 4.38. The van der Waals surface area contributed by atoms with E-state index in [1.807, 2.05) is 0 Å². The minimum Gasteiger partial charge on any atom is -0.468 e. The molecule has 0 aliphatic carbocycles. The van der Waals surface area contributed by atoms with Gasteiger partial charge in [0.2, 0.25) is 10.0 Å². The van der Waals surface area contributed by atoms with E-state index < -0.39 is 10.0 Å². The van der Waals surface area contributed by atoms with Crippen LogP contribution < -0.4 is 5.32 Å². The van der Waals surface area contributed by atoms with Gasteiger partial charge in [-0.05, 0) is 48.0 Å². The van der Waals surface area contributed by atoms with Gasteiger partial charge >= 0.3 is 0 Å². The van der Waals surface area contributed by atoms with Crippen LogP contribution in [0.1, 0.15) is 21.7 Å². The van der Waals surface area contributed by atoms with Gasteiger partial charge < -0.3 is 9.73 Å². The van der Waals surface area contributed by atoms with E-state index in [1.54, 1.807) is 55.6 Å². The number of nitrogens with one attached hydrogen (secondary N) is 1. The summed E-state index contributed by atoms with van der Waals surface area (Å²) in [6.45, 7) is 0.183. The van der Waals surface area contributed by atoms with Crippen molar-refractivity contribution in [2.45, 2.75) is 18.0 Å². The molecule has 3 rings (SSSR count). The molecule has 6 nitrogen and oxygen atoms in total. The normalized spacial score (nSPS) is 11.5. The second kappa shape index (κ2) is 8.60. The maximum absolute atomic E-state index is 13.2. The minimum absolute atomic E-state index is 0.0685. The Morgan fingerprint density at radius 1 is 1.07 bits per heavy atom. The number of rotatable bonds is 7. The number of hydrogen-bond acceptors (Lipinski definition) is 4. The molecule has 3 aromatic rings. The van der Waals surface area contributed by atoms with Crippen molar-refractivity contribution in [2.24, 2.45) is 0 Å². The first kappa shape index (κ1) is 20.1. The van der Waals surface area contributed by atoms with Gasteiger partial charge in [-0.1, -0.05) is 29.8 Å². The van der Waals surface area contributed by atoms with Crippen LogP contribution in [0.2, 0.25) is 5.02 Å². The van der Waals surface area contributed by atoms with E-state index in [-0.39, 0.29) is 23.9 Å². The summed E-state index contributed by atoms with van der Waals surface area (Å²) >= 11 is 5.98. The molecule has 1 amide bonds. The zero-order chi connectivity index (χ0) is 20.1. The Balaban J connectivity index is 1.92. The molecule has 1 heterocycles. The molecule has 2 aromatic carbocycles. The van der Waals surface area contributed by atoms with E-state index in [0.29, 0.717) is 16.3 Å². The number of sulfonamides is 1. The third kappa shape index (κ3) is 4.62. The van der Waals surface area contributed by atoms with Crippen LogP contribution in [0.4, 0.5) is 0 Å². The van der Waals surface area contributed by atoms with E-state index in [2.05, 4.69) is 5.32 Å². The first-order chi connectivity index (χ1) is 13.4. The summed E-state index contributed by atoms with van der Waals surface area (Å²) in [5.41, 5.74) is 1.24. The number of nitrogens with zero attached hydrogens (tertiary/aromatic N) is 1. The number of hydrogen-bond donors (Lipinski definition) is 1. The molecule has 0 unspecified atom stereocenters. The summed E-state index contributed by atoms with van der Waals surface area (Å²) < 4.78 is 33.0. The average molecular weight is 419 g/mol. The Bertz CT molecular complexity index is 1050. The van der Waals surface area contributed by atoms with Crippen LogP contribution in [0.25, 0.3) is 0 Å². The van der Waals surface area contributed by atoms with Gasteiger partial charge in [-0.3, -0.25) is 4.79 Å². The molecular formula is C20H19ClN2O4S. The molecule has 0 saturated carbocycles. The highest BCUT2D eigenvalue weighted by Crippen LogP contribution is 2.23. The molecule has 146 valence electrons. The highest BCUT2D eigenvalue weighted by molar-refractivity contribution is 7.89. The number of amides is 1. The van der Waals surface area contributed by atoms with Crippen molar-refractivity contribution in [3.8, 4) is 0 Å². The van der Waals surface area contributed by atoms with E-state index in [9.17, 15) is 13.2 Å². The standard InChI is InChI=1S/C20H19ClN2O4S/c1-22-20(24)16-9-7-15(8-10-16)13-23(14-18-5-3-11-27-18)28(25,26)19-6-2-4-17(21)12-19/h2-12H,13-14H2,1H3,(H,22,24). The van der Waals surface area contributed by atoms with E-state index in [4.69, 9.17) is 16.0 Å². The van der Waals surface area contributed by atoms with Crippen molar-refractivity contribution in [1.29, 1.82) is 0 Å². The van der Waals surface area contributed by atoms with E-state index in [0.717, 1.165) is 5.56 Å². The zero-order valence-corrected chi connectivity index (χ0v) is 16.7. The summed E-state index contributed by atoms with van der Waals surface area (Å²) in [6.07, 6.45) is 1.50. The van der Waals surface area contributed by atoms with Crippen LogP contribution in [0, 0.1) is 0 Å². The summed E-state index contributed by atoms with van der Waals surface area (Å²) in [5.74, 6) is 0.318. The van der Waals surface area contributed by atoms with Crippen LogP contribution in [-0.2, 0) is 23.1 Å². The summed E-state index contributed by atoms with van der Waals surface area (Å²) in [5, 5.41) is 2.89.